The quantitative estimate of drug-likeness (QED) is 0.575. The van der Waals surface area contributed by atoms with Crippen molar-refractivity contribution < 1.29 is 4.79 Å². The van der Waals surface area contributed by atoms with E-state index in [1.165, 1.54) is 12.8 Å². The van der Waals surface area contributed by atoms with Crippen LogP contribution in [0.5, 0.6) is 0 Å². The maximum absolute atomic E-state index is 12.4. The summed E-state index contributed by atoms with van der Waals surface area (Å²) >= 11 is 0. The van der Waals surface area contributed by atoms with Gasteiger partial charge in [0.05, 0.1) is 0 Å². The zero-order valence-electron chi connectivity index (χ0n) is 13.0. The van der Waals surface area contributed by atoms with E-state index < -0.39 is 0 Å². The molecule has 1 aromatic heterocycles. The molecule has 1 fully saturated rings. The lowest BCUT2D eigenvalue weighted by atomic mass is 9.87. The summed E-state index contributed by atoms with van der Waals surface area (Å²) in [4.78, 5) is 16.8. The molecule has 116 valence electrons. The molecule has 1 amide bonds. The number of amides is 1. The number of hydrogen-bond donors (Lipinski definition) is 3. The molecule has 0 saturated heterocycles. The van der Waals surface area contributed by atoms with Crippen molar-refractivity contribution in [1.29, 1.82) is 0 Å². The number of aryl methyl sites for hydroxylation is 1. The van der Waals surface area contributed by atoms with Crippen LogP contribution in [-0.2, 0) is 6.42 Å². The minimum Gasteiger partial charge on any atom is -0.349 e. The molecule has 1 saturated carbocycles. The number of carbonyl (C=O) groups excluding carboxylic acids is 1. The monoisotopic (exact) mass is 290 g/mol. The van der Waals surface area contributed by atoms with Crippen molar-refractivity contribution in [2.24, 2.45) is 11.8 Å². The van der Waals surface area contributed by atoms with Gasteiger partial charge in [-0.2, -0.15) is 0 Å². The molecule has 2 rings (SSSR count). The smallest absolute Gasteiger partial charge is 0.251 e. The van der Waals surface area contributed by atoms with E-state index in [0.717, 1.165) is 37.3 Å². The first-order valence-electron chi connectivity index (χ1n) is 7.90. The van der Waals surface area contributed by atoms with Gasteiger partial charge in [-0.15, -0.1) is 0 Å². The van der Waals surface area contributed by atoms with Gasteiger partial charge in [0.2, 0.25) is 0 Å². The summed E-state index contributed by atoms with van der Waals surface area (Å²) in [6.45, 7) is 4.37. The number of nitrogen functional groups attached to an aromatic ring is 1. The number of pyridine rings is 1. The highest BCUT2D eigenvalue weighted by Gasteiger charge is 2.20. The van der Waals surface area contributed by atoms with Crippen LogP contribution < -0.4 is 16.6 Å². The molecule has 0 aliphatic heterocycles. The van der Waals surface area contributed by atoms with Gasteiger partial charge >= 0.3 is 0 Å². The number of nitrogens with two attached hydrogens (primary N) is 1. The zero-order valence-corrected chi connectivity index (χ0v) is 13.0. The van der Waals surface area contributed by atoms with Crippen LogP contribution in [0.25, 0.3) is 0 Å². The third-order valence-electron chi connectivity index (χ3n) is 4.15. The molecule has 1 heterocycles. The molecule has 5 heteroatoms. The SMILES string of the molecule is CCCc1cc(C(=O)NC2CCC(C)CC2)cc(NN)n1. The Morgan fingerprint density at radius 1 is 1.33 bits per heavy atom. The Morgan fingerprint density at radius 3 is 2.67 bits per heavy atom. The van der Waals surface area contributed by atoms with E-state index in [9.17, 15) is 4.79 Å². The predicted octanol–water partition coefficient (Wildman–Crippen LogP) is 2.63. The molecular formula is C16H26N4O. The summed E-state index contributed by atoms with van der Waals surface area (Å²) in [5.41, 5.74) is 4.08. The van der Waals surface area contributed by atoms with Crippen molar-refractivity contribution in [3.63, 3.8) is 0 Å². The number of rotatable bonds is 5. The van der Waals surface area contributed by atoms with E-state index in [1.807, 2.05) is 6.07 Å². The standard InChI is InChI=1S/C16H26N4O/c1-3-4-14-9-12(10-15(18-14)20-17)16(21)19-13-7-5-11(2)6-8-13/h9-11,13H,3-8,17H2,1-2H3,(H,18,20)(H,19,21). The normalized spacial score (nSPS) is 21.9. The highest BCUT2D eigenvalue weighted by atomic mass is 16.1. The van der Waals surface area contributed by atoms with Crippen molar-refractivity contribution in [3.8, 4) is 0 Å². The number of nitrogens with one attached hydrogen (secondary N) is 2. The van der Waals surface area contributed by atoms with Crippen molar-refractivity contribution in [1.82, 2.24) is 10.3 Å². The van der Waals surface area contributed by atoms with Crippen LogP contribution in [0.4, 0.5) is 5.82 Å². The Balaban J connectivity index is 2.05. The molecule has 1 aromatic rings. The molecule has 1 aliphatic carbocycles. The van der Waals surface area contributed by atoms with E-state index in [4.69, 9.17) is 5.84 Å². The van der Waals surface area contributed by atoms with Crippen molar-refractivity contribution >= 4 is 11.7 Å². The number of anilines is 1. The first-order chi connectivity index (χ1) is 10.1. The maximum Gasteiger partial charge on any atom is 0.251 e. The Labute approximate surface area is 126 Å². The van der Waals surface area contributed by atoms with Gasteiger partial charge in [-0.1, -0.05) is 20.3 Å². The molecule has 4 N–H and O–H groups in total. The lowest BCUT2D eigenvalue weighted by Crippen LogP contribution is -2.37. The van der Waals surface area contributed by atoms with E-state index in [0.29, 0.717) is 17.4 Å². The second kappa shape index (κ2) is 7.41. The second-order valence-electron chi connectivity index (χ2n) is 6.06. The average Bonchev–Trinajstić information content (AvgIpc) is 2.49. The molecule has 5 nitrogen and oxygen atoms in total. The number of hydrogen-bond acceptors (Lipinski definition) is 4. The average molecular weight is 290 g/mol. The van der Waals surface area contributed by atoms with Crippen LogP contribution in [0.3, 0.4) is 0 Å². The lowest BCUT2D eigenvalue weighted by molar-refractivity contribution is 0.0923. The third kappa shape index (κ3) is 4.43. The van der Waals surface area contributed by atoms with Gasteiger partial charge < -0.3 is 10.7 Å². The molecular weight excluding hydrogens is 264 g/mol. The van der Waals surface area contributed by atoms with Crippen LogP contribution in [0.15, 0.2) is 12.1 Å². The topological polar surface area (TPSA) is 80.0 Å². The molecule has 0 aromatic carbocycles. The summed E-state index contributed by atoms with van der Waals surface area (Å²) in [5, 5.41) is 3.14. The van der Waals surface area contributed by atoms with Crippen LogP contribution in [0, 0.1) is 5.92 Å². The van der Waals surface area contributed by atoms with Crippen molar-refractivity contribution in [3.05, 3.63) is 23.4 Å². The summed E-state index contributed by atoms with van der Waals surface area (Å²) in [5.74, 6) is 6.74. The molecule has 0 atom stereocenters. The Bertz CT molecular complexity index is 481. The number of carbonyl (C=O) groups is 1. The molecule has 0 spiro atoms. The summed E-state index contributed by atoms with van der Waals surface area (Å²) in [6.07, 6.45) is 6.36. The highest BCUT2D eigenvalue weighted by molar-refractivity contribution is 5.95. The van der Waals surface area contributed by atoms with E-state index in [1.54, 1.807) is 6.07 Å². The fourth-order valence-electron chi connectivity index (χ4n) is 2.85. The number of hydrazine groups is 1. The van der Waals surface area contributed by atoms with Crippen molar-refractivity contribution in [2.75, 3.05) is 5.43 Å². The van der Waals surface area contributed by atoms with Crippen LogP contribution in [-0.4, -0.2) is 16.9 Å². The van der Waals surface area contributed by atoms with Crippen molar-refractivity contribution in [2.45, 2.75) is 58.4 Å². The fourth-order valence-corrected chi connectivity index (χ4v) is 2.85. The first-order valence-corrected chi connectivity index (χ1v) is 7.90. The minimum atomic E-state index is -0.0224. The maximum atomic E-state index is 12.4. The van der Waals surface area contributed by atoms with Gasteiger partial charge in [-0.3, -0.25) is 4.79 Å². The van der Waals surface area contributed by atoms with Crippen LogP contribution in [0.2, 0.25) is 0 Å². The molecule has 1 aliphatic rings. The van der Waals surface area contributed by atoms with Gasteiger partial charge in [0.1, 0.15) is 5.82 Å². The second-order valence-corrected chi connectivity index (χ2v) is 6.06. The summed E-state index contributed by atoms with van der Waals surface area (Å²) < 4.78 is 0. The van der Waals surface area contributed by atoms with Gasteiger partial charge in [-0.05, 0) is 50.2 Å². The van der Waals surface area contributed by atoms with Crippen LogP contribution >= 0.6 is 0 Å². The lowest BCUT2D eigenvalue weighted by Gasteiger charge is -2.27. The van der Waals surface area contributed by atoms with Gasteiger partial charge in [0.15, 0.2) is 0 Å². The van der Waals surface area contributed by atoms with Gasteiger partial charge in [0.25, 0.3) is 5.91 Å². The van der Waals surface area contributed by atoms with Crippen LogP contribution in [0.1, 0.15) is 62.0 Å². The summed E-state index contributed by atoms with van der Waals surface area (Å²) in [6, 6.07) is 3.87. The molecule has 0 unspecified atom stereocenters. The van der Waals surface area contributed by atoms with E-state index in [-0.39, 0.29) is 5.91 Å². The molecule has 0 radical (unpaired) electrons. The predicted molar refractivity (Wildman–Crippen MR) is 84.9 cm³/mol. The molecule has 0 bridgehead atoms. The Hall–Kier alpha value is -1.62. The Morgan fingerprint density at radius 2 is 2.05 bits per heavy atom. The van der Waals surface area contributed by atoms with E-state index >= 15 is 0 Å². The summed E-state index contributed by atoms with van der Waals surface area (Å²) in [7, 11) is 0. The Kier molecular flexibility index (Phi) is 5.56. The minimum absolute atomic E-state index is 0.0224. The highest BCUT2D eigenvalue weighted by Crippen LogP contribution is 2.23. The third-order valence-corrected chi connectivity index (χ3v) is 4.15. The number of nitrogens with zero attached hydrogens (tertiary/aromatic N) is 1. The molecule has 21 heavy (non-hydrogen) atoms. The van der Waals surface area contributed by atoms with Gasteiger partial charge in [-0.25, -0.2) is 10.8 Å². The largest absolute Gasteiger partial charge is 0.349 e. The zero-order chi connectivity index (χ0) is 15.2. The van der Waals surface area contributed by atoms with Gasteiger partial charge in [0, 0.05) is 17.3 Å². The van der Waals surface area contributed by atoms with E-state index in [2.05, 4.69) is 29.6 Å². The first kappa shape index (κ1) is 15.8. The fraction of sp³-hybridized carbons (Fsp3) is 0.625. The number of aromatic nitrogens is 1.